The first-order valence-corrected chi connectivity index (χ1v) is 5.40. The zero-order chi connectivity index (χ0) is 13.7. The standard InChI is InChI=1S/C11H16N4O3/c1-14(2)10(16)6-7-13-9-5-3-4-8(12)11(9)15(17)18/h3-5,13H,6-7,12H2,1-2H3. The van der Waals surface area contributed by atoms with Gasteiger partial charge in [0.05, 0.1) is 4.92 Å². The second kappa shape index (κ2) is 5.85. The van der Waals surface area contributed by atoms with Crippen molar-refractivity contribution >= 4 is 23.0 Å². The van der Waals surface area contributed by atoms with Crippen LogP contribution in [0.4, 0.5) is 17.1 Å². The number of hydrogen-bond acceptors (Lipinski definition) is 5. The van der Waals surface area contributed by atoms with Crippen LogP contribution in [0.25, 0.3) is 0 Å². The summed E-state index contributed by atoms with van der Waals surface area (Å²) >= 11 is 0. The number of amides is 1. The molecule has 0 aliphatic rings. The molecule has 1 amide bonds. The van der Waals surface area contributed by atoms with E-state index in [2.05, 4.69) is 5.32 Å². The number of hydrogen-bond donors (Lipinski definition) is 2. The molecule has 0 unspecified atom stereocenters. The fourth-order valence-corrected chi connectivity index (χ4v) is 1.44. The SMILES string of the molecule is CN(C)C(=O)CCNc1cccc(N)c1[N+](=O)[O-]. The minimum Gasteiger partial charge on any atom is -0.393 e. The van der Waals surface area contributed by atoms with Crippen LogP contribution < -0.4 is 11.1 Å². The van der Waals surface area contributed by atoms with Gasteiger partial charge in [0.1, 0.15) is 11.4 Å². The molecule has 98 valence electrons. The number of nitro groups is 1. The lowest BCUT2D eigenvalue weighted by Gasteiger charge is -2.11. The van der Waals surface area contributed by atoms with Gasteiger partial charge in [0, 0.05) is 27.1 Å². The molecule has 18 heavy (non-hydrogen) atoms. The van der Waals surface area contributed by atoms with Crippen molar-refractivity contribution in [3.8, 4) is 0 Å². The first-order valence-electron chi connectivity index (χ1n) is 5.40. The van der Waals surface area contributed by atoms with Gasteiger partial charge in [-0.05, 0) is 12.1 Å². The van der Waals surface area contributed by atoms with E-state index in [1.165, 1.54) is 11.0 Å². The lowest BCUT2D eigenvalue weighted by Crippen LogP contribution is -2.24. The van der Waals surface area contributed by atoms with Crippen LogP contribution in [0.1, 0.15) is 6.42 Å². The van der Waals surface area contributed by atoms with E-state index in [1.807, 2.05) is 0 Å². The molecule has 7 heteroatoms. The van der Waals surface area contributed by atoms with Crippen molar-refractivity contribution in [1.82, 2.24) is 4.90 Å². The number of rotatable bonds is 5. The molecule has 0 saturated heterocycles. The van der Waals surface area contributed by atoms with E-state index in [-0.39, 0.29) is 23.7 Å². The zero-order valence-electron chi connectivity index (χ0n) is 10.3. The number of carbonyl (C=O) groups excluding carboxylic acids is 1. The second-order valence-corrected chi connectivity index (χ2v) is 3.97. The Morgan fingerprint density at radius 1 is 1.50 bits per heavy atom. The maximum Gasteiger partial charge on any atom is 0.314 e. The van der Waals surface area contributed by atoms with Gasteiger partial charge in [-0.15, -0.1) is 0 Å². The maximum absolute atomic E-state index is 11.3. The third-order valence-electron chi connectivity index (χ3n) is 2.40. The summed E-state index contributed by atoms with van der Waals surface area (Å²) in [6.07, 6.45) is 0.263. The largest absolute Gasteiger partial charge is 0.393 e. The number of nitrogen functional groups attached to an aromatic ring is 1. The van der Waals surface area contributed by atoms with E-state index in [0.29, 0.717) is 12.2 Å². The van der Waals surface area contributed by atoms with E-state index < -0.39 is 4.92 Å². The van der Waals surface area contributed by atoms with Crippen molar-refractivity contribution < 1.29 is 9.72 Å². The molecule has 0 aliphatic heterocycles. The average molecular weight is 252 g/mol. The Hall–Kier alpha value is -2.31. The van der Waals surface area contributed by atoms with Gasteiger partial charge in [-0.1, -0.05) is 6.07 Å². The highest BCUT2D eigenvalue weighted by Gasteiger charge is 2.17. The van der Waals surface area contributed by atoms with Crippen LogP contribution in [0.2, 0.25) is 0 Å². The van der Waals surface area contributed by atoms with Crippen LogP contribution in [0.3, 0.4) is 0 Å². The summed E-state index contributed by atoms with van der Waals surface area (Å²) in [5.74, 6) is -0.0472. The molecule has 0 atom stereocenters. The molecule has 3 N–H and O–H groups in total. The molecule has 0 fully saturated rings. The van der Waals surface area contributed by atoms with Crippen LogP contribution in [-0.2, 0) is 4.79 Å². The van der Waals surface area contributed by atoms with Crippen molar-refractivity contribution in [1.29, 1.82) is 0 Å². The van der Waals surface area contributed by atoms with E-state index in [0.717, 1.165) is 0 Å². The number of anilines is 2. The summed E-state index contributed by atoms with van der Waals surface area (Å²) in [6.45, 7) is 0.321. The summed E-state index contributed by atoms with van der Waals surface area (Å²) in [4.78, 5) is 23.1. The fourth-order valence-electron chi connectivity index (χ4n) is 1.44. The minimum atomic E-state index is -0.536. The monoisotopic (exact) mass is 252 g/mol. The number of carbonyl (C=O) groups is 1. The molecule has 0 spiro atoms. The first-order chi connectivity index (χ1) is 8.43. The van der Waals surface area contributed by atoms with Gasteiger partial charge in [-0.25, -0.2) is 0 Å². The summed E-state index contributed by atoms with van der Waals surface area (Å²) in [5, 5.41) is 13.7. The molecule has 1 rings (SSSR count). The topological polar surface area (TPSA) is 102 Å². The van der Waals surface area contributed by atoms with Gasteiger partial charge >= 0.3 is 5.69 Å². The predicted octanol–water partition coefficient (Wildman–Crippen LogP) is 1.07. The summed E-state index contributed by atoms with van der Waals surface area (Å²) in [7, 11) is 3.32. The second-order valence-electron chi connectivity index (χ2n) is 3.97. The number of nitro benzene ring substituents is 1. The van der Waals surface area contributed by atoms with Gasteiger partial charge in [-0.3, -0.25) is 14.9 Å². The molecule has 1 aromatic rings. The fraction of sp³-hybridized carbons (Fsp3) is 0.364. The highest BCUT2D eigenvalue weighted by Crippen LogP contribution is 2.30. The minimum absolute atomic E-state index is 0.0472. The number of nitrogens with two attached hydrogens (primary N) is 1. The van der Waals surface area contributed by atoms with Gasteiger partial charge in [0.25, 0.3) is 0 Å². The van der Waals surface area contributed by atoms with Crippen molar-refractivity contribution in [3.63, 3.8) is 0 Å². The van der Waals surface area contributed by atoms with Crippen molar-refractivity contribution in [2.45, 2.75) is 6.42 Å². The molecule has 0 aliphatic carbocycles. The van der Waals surface area contributed by atoms with Crippen molar-refractivity contribution in [3.05, 3.63) is 28.3 Å². The van der Waals surface area contributed by atoms with Crippen molar-refractivity contribution in [2.75, 3.05) is 31.7 Å². The Morgan fingerprint density at radius 2 is 2.17 bits per heavy atom. The van der Waals surface area contributed by atoms with E-state index in [1.54, 1.807) is 26.2 Å². The smallest absolute Gasteiger partial charge is 0.314 e. The molecular formula is C11H16N4O3. The van der Waals surface area contributed by atoms with Crippen LogP contribution in [0, 0.1) is 10.1 Å². The van der Waals surface area contributed by atoms with Gasteiger partial charge < -0.3 is 16.0 Å². The molecule has 0 aromatic heterocycles. The highest BCUT2D eigenvalue weighted by atomic mass is 16.6. The Labute approximate surface area is 105 Å². The Morgan fingerprint density at radius 3 is 2.72 bits per heavy atom. The summed E-state index contributed by atoms with van der Waals surface area (Å²) < 4.78 is 0. The first kappa shape index (κ1) is 13.8. The third-order valence-corrected chi connectivity index (χ3v) is 2.40. The predicted molar refractivity (Wildman–Crippen MR) is 69.3 cm³/mol. The number of benzene rings is 1. The molecule has 1 aromatic carbocycles. The molecule has 0 heterocycles. The lowest BCUT2D eigenvalue weighted by molar-refractivity contribution is -0.383. The van der Waals surface area contributed by atoms with Gasteiger partial charge in [-0.2, -0.15) is 0 Å². The van der Waals surface area contributed by atoms with E-state index >= 15 is 0 Å². The molecule has 0 radical (unpaired) electrons. The van der Waals surface area contributed by atoms with E-state index in [4.69, 9.17) is 5.73 Å². The number of nitrogens with zero attached hydrogens (tertiary/aromatic N) is 2. The lowest BCUT2D eigenvalue weighted by atomic mass is 10.2. The number of nitrogens with one attached hydrogen (secondary N) is 1. The molecule has 0 bridgehead atoms. The number of para-hydroxylation sites is 1. The third kappa shape index (κ3) is 3.34. The van der Waals surface area contributed by atoms with Gasteiger partial charge in [0.2, 0.25) is 5.91 Å². The zero-order valence-corrected chi connectivity index (χ0v) is 10.3. The van der Waals surface area contributed by atoms with Crippen LogP contribution in [0.5, 0.6) is 0 Å². The highest BCUT2D eigenvalue weighted by molar-refractivity contribution is 5.77. The molecule has 0 saturated carbocycles. The quantitative estimate of drug-likeness (QED) is 0.463. The Bertz CT molecular complexity index is 460. The summed E-state index contributed by atoms with van der Waals surface area (Å²) in [6, 6.07) is 4.65. The maximum atomic E-state index is 11.3. The molecule has 7 nitrogen and oxygen atoms in total. The van der Waals surface area contributed by atoms with Crippen LogP contribution in [0.15, 0.2) is 18.2 Å². The van der Waals surface area contributed by atoms with E-state index in [9.17, 15) is 14.9 Å². The van der Waals surface area contributed by atoms with Gasteiger partial charge in [0.15, 0.2) is 0 Å². The summed E-state index contributed by atoms with van der Waals surface area (Å²) in [5.41, 5.74) is 5.81. The van der Waals surface area contributed by atoms with Crippen LogP contribution >= 0.6 is 0 Å². The Balaban J connectivity index is 2.71. The molecular weight excluding hydrogens is 236 g/mol. The average Bonchev–Trinajstić information content (AvgIpc) is 2.28. The normalized spacial score (nSPS) is 9.89. The van der Waals surface area contributed by atoms with Crippen molar-refractivity contribution in [2.24, 2.45) is 0 Å². The van der Waals surface area contributed by atoms with Crippen LogP contribution in [-0.4, -0.2) is 36.4 Å². The Kier molecular flexibility index (Phi) is 4.47.